The summed E-state index contributed by atoms with van der Waals surface area (Å²) >= 11 is 1.79. The number of hydrogen-bond donors (Lipinski definition) is 1. The lowest BCUT2D eigenvalue weighted by molar-refractivity contribution is 0.0949. The second kappa shape index (κ2) is 11.1. The predicted octanol–water partition coefficient (Wildman–Crippen LogP) is 3.61. The summed E-state index contributed by atoms with van der Waals surface area (Å²) < 4.78 is 6.12. The number of amides is 1. The van der Waals surface area contributed by atoms with Crippen LogP contribution in [0.3, 0.4) is 0 Å². The second-order valence-electron chi connectivity index (χ2n) is 7.04. The molecule has 5 nitrogen and oxygen atoms in total. The van der Waals surface area contributed by atoms with Crippen molar-refractivity contribution in [2.45, 2.75) is 31.9 Å². The molecule has 0 unspecified atom stereocenters. The normalized spacial score (nSPS) is 15.3. The molecule has 6 heteroatoms. The van der Waals surface area contributed by atoms with Gasteiger partial charge in [0.1, 0.15) is 11.9 Å². The highest BCUT2D eigenvalue weighted by Crippen LogP contribution is 2.20. The standard InChI is InChI=1S/C22H29N3O2S/c1-28-16-4-13-24-22(26)18-6-8-20(9-7-18)27-21-10-14-25(15-11-21)17-19-5-2-3-12-23-19/h2-3,5-9,12,21H,4,10-11,13-17H2,1H3,(H,24,26). The minimum Gasteiger partial charge on any atom is -0.490 e. The lowest BCUT2D eigenvalue weighted by atomic mass is 10.1. The molecular formula is C22H29N3O2S. The number of ether oxygens (including phenoxy) is 1. The average Bonchev–Trinajstić information content (AvgIpc) is 2.74. The summed E-state index contributed by atoms with van der Waals surface area (Å²) in [5.41, 5.74) is 1.80. The van der Waals surface area contributed by atoms with Crippen molar-refractivity contribution in [2.75, 3.05) is 31.6 Å². The Labute approximate surface area is 171 Å². The van der Waals surface area contributed by atoms with Crippen molar-refractivity contribution in [3.05, 3.63) is 59.9 Å². The Bertz CT molecular complexity index is 716. The number of hydrogen-bond acceptors (Lipinski definition) is 5. The Morgan fingerprint density at radius 3 is 2.68 bits per heavy atom. The van der Waals surface area contributed by atoms with Gasteiger partial charge < -0.3 is 10.1 Å². The summed E-state index contributed by atoms with van der Waals surface area (Å²) in [7, 11) is 0. The third-order valence-corrected chi connectivity index (χ3v) is 5.57. The number of aromatic nitrogens is 1. The molecule has 3 rings (SSSR count). The van der Waals surface area contributed by atoms with Gasteiger partial charge in [-0.15, -0.1) is 0 Å². The quantitative estimate of drug-likeness (QED) is 0.653. The number of piperidine rings is 1. The van der Waals surface area contributed by atoms with Crippen LogP contribution in [0.4, 0.5) is 0 Å². The van der Waals surface area contributed by atoms with E-state index in [-0.39, 0.29) is 12.0 Å². The molecule has 0 atom stereocenters. The topological polar surface area (TPSA) is 54.5 Å². The molecule has 0 bridgehead atoms. The van der Waals surface area contributed by atoms with E-state index >= 15 is 0 Å². The van der Waals surface area contributed by atoms with Gasteiger partial charge in [0.25, 0.3) is 5.91 Å². The zero-order chi connectivity index (χ0) is 19.6. The summed E-state index contributed by atoms with van der Waals surface area (Å²) in [5.74, 6) is 1.88. The van der Waals surface area contributed by atoms with Gasteiger partial charge >= 0.3 is 0 Å². The molecule has 0 spiro atoms. The first-order valence-corrected chi connectivity index (χ1v) is 11.3. The number of thioether (sulfide) groups is 1. The van der Waals surface area contributed by atoms with E-state index in [1.165, 1.54) is 0 Å². The van der Waals surface area contributed by atoms with Gasteiger partial charge in [-0.1, -0.05) is 6.07 Å². The van der Waals surface area contributed by atoms with E-state index in [9.17, 15) is 4.79 Å². The first-order valence-electron chi connectivity index (χ1n) is 9.91. The molecule has 1 saturated heterocycles. The zero-order valence-corrected chi connectivity index (χ0v) is 17.3. The van der Waals surface area contributed by atoms with Gasteiger partial charge in [-0.25, -0.2) is 0 Å². The summed E-state index contributed by atoms with van der Waals surface area (Å²) in [5, 5.41) is 2.96. The van der Waals surface area contributed by atoms with E-state index in [0.29, 0.717) is 5.56 Å². The number of likely N-dealkylation sites (tertiary alicyclic amines) is 1. The molecule has 2 heterocycles. The van der Waals surface area contributed by atoms with Gasteiger partial charge in [0.05, 0.1) is 5.69 Å². The molecule has 1 aromatic heterocycles. The molecule has 150 valence electrons. The van der Waals surface area contributed by atoms with Crippen LogP contribution in [-0.2, 0) is 6.54 Å². The molecule has 1 aliphatic heterocycles. The number of nitrogens with zero attached hydrogens (tertiary/aromatic N) is 2. The summed E-state index contributed by atoms with van der Waals surface area (Å²) in [6, 6.07) is 13.5. The lowest BCUT2D eigenvalue weighted by Crippen LogP contribution is -2.37. The van der Waals surface area contributed by atoms with Crippen LogP contribution in [0.2, 0.25) is 0 Å². The smallest absolute Gasteiger partial charge is 0.251 e. The molecular weight excluding hydrogens is 370 g/mol. The number of carbonyl (C=O) groups excluding carboxylic acids is 1. The van der Waals surface area contributed by atoms with Crippen LogP contribution >= 0.6 is 11.8 Å². The molecule has 1 N–H and O–H groups in total. The number of pyridine rings is 1. The Balaban J connectivity index is 1.40. The van der Waals surface area contributed by atoms with Gasteiger partial charge in [0.2, 0.25) is 0 Å². The van der Waals surface area contributed by atoms with Crippen molar-refractivity contribution in [1.29, 1.82) is 0 Å². The SMILES string of the molecule is CSCCCNC(=O)c1ccc(OC2CCN(Cc3ccccn3)CC2)cc1. The molecule has 0 radical (unpaired) electrons. The molecule has 1 aliphatic rings. The third kappa shape index (κ3) is 6.53. The highest BCUT2D eigenvalue weighted by Gasteiger charge is 2.21. The molecule has 2 aromatic rings. The molecule has 0 saturated carbocycles. The van der Waals surface area contributed by atoms with Crippen molar-refractivity contribution in [1.82, 2.24) is 15.2 Å². The van der Waals surface area contributed by atoms with Crippen LogP contribution in [0.5, 0.6) is 5.75 Å². The van der Waals surface area contributed by atoms with Crippen LogP contribution in [0.1, 0.15) is 35.3 Å². The highest BCUT2D eigenvalue weighted by molar-refractivity contribution is 7.98. The third-order valence-electron chi connectivity index (χ3n) is 4.88. The first kappa shape index (κ1) is 20.7. The van der Waals surface area contributed by atoms with Crippen LogP contribution in [-0.4, -0.2) is 53.5 Å². The Morgan fingerprint density at radius 1 is 1.21 bits per heavy atom. The highest BCUT2D eigenvalue weighted by atomic mass is 32.2. The fraction of sp³-hybridized carbons (Fsp3) is 0.455. The molecule has 0 aliphatic carbocycles. The number of carbonyl (C=O) groups is 1. The van der Waals surface area contributed by atoms with E-state index in [0.717, 1.165) is 62.6 Å². The zero-order valence-electron chi connectivity index (χ0n) is 16.5. The minimum absolute atomic E-state index is 0.0181. The fourth-order valence-electron chi connectivity index (χ4n) is 3.30. The van der Waals surface area contributed by atoms with E-state index in [1.54, 1.807) is 11.8 Å². The first-order chi connectivity index (χ1) is 13.7. The van der Waals surface area contributed by atoms with Crippen molar-refractivity contribution < 1.29 is 9.53 Å². The van der Waals surface area contributed by atoms with E-state index in [1.807, 2.05) is 42.6 Å². The summed E-state index contributed by atoms with van der Waals surface area (Å²) in [4.78, 5) is 19.0. The minimum atomic E-state index is -0.0181. The van der Waals surface area contributed by atoms with Crippen LogP contribution in [0, 0.1) is 0 Å². The number of nitrogens with one attached hydrogen (secondary N) is 1. The monoisotopic (exact) mass is 399 g/mol. The maximum absolute atomic E-state index is 12.1. The van der Waals surface area contributed by atoms with Gasteiger partial charge in [-0.3, -0.25) is 14.7 Å². The summed E-state index contributed by atoms with van der Waals surface area (Å²) in [6.45, 7) is 3.64. The molecule has 1 aromatic carbocycles. The summed E-state index contributed by atoms with van der Waals surface area (Å²) in [6.07, 6.45) is 7.15. The van der Waals surface area contributed by atoms with Gasteiger partial charge in [0, 0.05) is 37.9 Å². The fourth-order valence-corrected chi connectivity index (χ4v) is 3.74. The maximum atomic E-state index is 12.1. The second-order valence-corrected chi connectivity index (χ2v) is 8.03. The van der Waals surface area contributed by atoms with Gasteiger partial charge in [-0.05, 0) is 67.7 Å². The Morgan fingerprint density at radius 2 is 2.00 bits per heavy atom. The number of rotatable bonds is 9. The van der Waals surface area contributed by atoms with Crippen LogP contribution in [0.15, 0.2) is 48.7 Å². The maximum Gasteiger partial charge on any atom is 0.251 e. The van der Waals surface area contributed by atoms with E-state index in [2.05, 4.69) is 27.5 Å². The Kier molecular flexibility index (Phi) is 8.18. The molecule has 1 fully saturated rings. The Hall–Kier alpha value is -2.05. The largest absolute Gasteiger partial charge is 0.490 e. The molecule has 1 amide bonds. The molecule has 28 heavy (non-hydrogen) atoms. The van der Waals surface area contributed by atoms with Crippen molar-refractivity contribution >= 4 is 17.7 Å². The van der Waals surface area contributed by atoms with Crippen molar-refractivity contribution in [3.63, 3.8) is 0 Å². The van der Waals surface area contributed by atoms with Gasteiger partial charge in [0.15, 0.2) is 0 Å². The lowest BCUT2D eigenvalue weighted by Gasteiger charge is -2.31. The number of benzene rings is 1. The van der Waals surface area contributed by atoms with Crippen molar-refractivity contribution in [3.8, 4) is 5.75 Å². The van der Waals surface area contributed by atoms with E-state index in [4.69, 9.17) is 4.74 Å². The van der Waals surface area contributed by atoms with Crippen LogP contribution in [0.25, 0.3) is 0 Å². The predicted molar refractivity (Wildman–Crippen MR) is 115 cm³/mol. The van der Waals surface area contributed by atoms with Crippen molar-refractivity contribution in [2.24, 2.45) is 0 Å². The van der Waals surface area contributed by atoms with E-state index < -0.39 is 0 Å². The van der Waals surface area contributed by atoms with Crippen LogP contribution < -0.4 is 10.1 Å². The average molecular weight is 400 g/mol. The van der Waals surface area contributed by atoms with Gasteiger partial charge in [-0.2, -0.15) is 11.8 Å².